The first-order valence-electron chi connectivity index (χ1n) is 8.14. The molecule has 0 heterocycles. The standard InChI is InChI=1S/C19H26/c1-4-10-16(11-5-1)19(17-12-6-2-7-13-17)18-14-8-3-9-15-18/h1-2,4-6,10,12,16,18-19H,3,7-9,11,13-15H2. The van der Waals surface area contributed by atoms with Crippen LogP contribution in [-0.2, 0) is 0 Å². The molecule has 0 aromatic rings. The van der Waals surface area contributed by atoms with Gasteiger partial charge in [-0.2, -0.15) is 0 Å². The number of hydrogen-bond acceptors (Lipinski definition) is 0. The van der Waals surface area contributed by atoms with E-state index >= 15 is 0 Å². The Morgan fingerprint density at radius 2 is 1.84 bits per heavy atom. The van der Waals surface area contributed by atoms with Crippen molar-refractivity contribution in [3.8, 4) is 0 Å². The molecular formula is C19H26. The molecule has 0 spiro atoms. The van der Waals surface area contributed by atoms with E-state index in [0.717, 1.165) is 17.8 Å². The van der Waals surface area contributed by atoms with Gasteiger partial charge in [0.2, 0.25) is 0 Å². The highest BCUT2D eigenvalue weighted by molar-refractivity contribution is 5.25. The summed E-state index contributed by atoms with van der Waals surface area (Å²) in [6.45, 7) is 0. The number of hydrogen-bond donors (Lipinski definition) is 0. The third-order valence-electron chi connectivity index (χ3n) is 5.11. The van der Waals surface area contributed by atoms with Gasteiger partial charge in [0.05, 0.1) is 0 Å². The van der Waals surface area contributed by atoms with Gasteiger partial charge in [-0.15, -0.1) is 0 Å². The molecule has 2 unspecified atom stereocenters. The van der Waals surface area contributed by atoms with Gasteiger partial charge in [-0.05, 0) is 49.9 Å². The van der Waals surface area contributed by atoms with Gasteiger partial charge in [0, 0.05) is 0 Å². The first-order chi connectivity index (χ1) is 9.45. The smallest absolute Gasteiger partial charge is 0.0106 e. The normalized spacial score (nSPS) is 29.3. The van der Waals surface area contributed by atoms with Crippen LogP contribution in [0.5, 0.6) is 0 Å². The monoisotopic (exact) mass is 254 g/mol. The molecule has 0 heteroatoms. The Bertz CT molecular complexity index is 402. The van der Waals surface area contributed by atoms with Crippen molar-refractivity contribution in [2.75, 3.05) is 0 Å². The van der Waals surface area contributed by atoms with Gasteiger partial charge in [0.15, 0.2) is 0 Å². The van der Waals surface area contributed by atoms with Crippen LogP contribution in [0.15, 0.2) is 48.1 Å². The minimum Gasteiger partial charge on any atom is -0.0842 e. The highest BCUT2D eigenvalue weighted by Crippen LogP contribution is 2.42. The first kappa shape index (κ1) is 13.0. The van der Waals surface area contributed by atoms with E-state index in [4.69, 9.17) is 0 Å². The van der Waals surface area contributed by atoms with Crippen LogP contribution in [0, 0.1) is 17.8 Å². The maximum Gasteiger partial charge on any atom is -0.0106 e. The van der Waals surface area contributed by atoms with Crippen LogP contribution in [0.1, 0.15) is 51.4 Å². The Labute approximate surface area is 118 Å². The fourth-order valence-electron chi connectivity index (χ4n) is 4.19. The predicted octanol–water partition coefficient (Wildman–Crippen LogP) is 5.59. The molecule has 2 atom stereocenters. The lowest BCUT2D eigenvalue weighted by molar-refractivity contribution is 0.228. The second-order valence-electron chi connectivity index (χ2n) is 6.34. The molecule has 3 rings (SSSR count). The Morgan fingerprint density at radius 3 is 2.53 bits per heavy atom. The van der Waals surface area contributed by atoms with Crippen LogP contribution in [0.2, 0.25) is 0 Å². The van der Waals surface area contributed by atoms with Gasteiger partial charge in [0.25, 0.3) is 0 Å². The Hall–Kier alpha value is -1.04. The molecule has 0 radical (unpaired) electrons. The van der Waals surface area contributed by atoms with Gasteiger partial charge < -0.3 is 0 Å². The molecule has 0 amide bonds. The van der Waals surface area contributed by atoms with E-state index in [1.165, 1.54) is 51.4 Å². The summed E-state index contributed by atoms with van der Waals surface area (Å²) >= 11 is 0. The second kappa shape index (κ2) is 6.41. The Balaban J connectivity index is 1.81. The van der Waals surface area contributed by atoms with Crippen LogP contribution in [0.4, 0.5) is 0 Å². The molecule has 0 aromatic heterocycles. The summed E-state index contributed by atoms with van der Waals surface area (Å²) in [7, 11) is 0. The van der Waals surface area contributed by atoms with Crippen molar-refractivity contribution in [1.82, 2.24) is 0 Å². The third kappa shape index (κ3) is 3.11. The van der Waals surface area contributed by atoms with E-state index in [0.29, 0.717) is 0 Å². The highest BCUT2D eigenvalue weighted by Gasteiger charge is 2.31. The van der Waals surface area contributed by atoms with E-state index in [-0.39, 0.29) is 0 Å². The van der Waals surface area contributed by atoms with Crippen molar-refractivity contribution >= 4 is 0 Å². The number of allylic oxidation sites excluding steroid dienone is 8. The van der Waals surface area contributed by atoms with Crippen molar-refractivity contribution in [2.24, 2.45) is 17.8 Å². The molecule has 3 aliphatic carbocycles. The highest BCUT2D eigenvalue weighted by atomic mass is 14.4. The van der Waals surface area contributed by atoms with Gasteiger partial charge in [-0.25, -0.2) is 0 Å². The molecule has 1 saturated carbocycles. The van der Waals surface area contributed by atoms with Crippen molar-refractivity contribution in [2.45, 2.75) is 51.4 Å². The molecule has 3 aliphatic rings. The second-order valence-corrected chi connectivity index (χ2v) is 6.34. The largest absolute Gasteiger partial charge is 0.0842 e. The molecule has 0 N–H and O–H groups in total. The third-order valence-corrected chi connectivity index (χ3v) is 5.11. The molecule has 102 valence electrons. The van der Waals surface area contributed by atoms with Gasteiger partial charge in [0.1, 0.15) is 0 Å². The van der Waals surface area contributed by atoms with Gasteiger partial charge in [-0.3, -0.25) is 0 Å². The van der Waals surface area contributed by atoms with E-state index in [2.05, 4.69) is 42.5 Å². The van der Waals surface area contributed by atoms with Crippen LogP contribution >= 0.6 is 0 Å². The predicted molar refractivity (Wildman–Crippen MR) is 82.9 cm³/mol. The molecular weight excluding hydrogens is 228 g/mol. The lowest BCUT2D eigenvalue weighted by atomic mass is 9.68. The maximum atomic E-state index is 2.47. The summed E-state index contributed by atoms with van der Waals surface area (Å²) in [6, 6.07) is 0. The van der Waals surface area contributed by atoms with Gasteiger partial charge >= 0.3 is 0 Å². The first-order valence-corrected chi connectivity index (χ1v) is 8.14. The van der Waals surface area contributed by atoms with Crippen molar-refractivity contribution in [3.05, 3.63) is 48.1 Å². The fourth-order valence-corrected chi connectivity index (χ4v) is 4.19. The average Bonchev–Trinajstić information content (AvgIpc) is 2.51. The molecule has 0 aliphatic heterocycles. The zero-order chi connectivity index (χ0) is 12.9. The summed E-state index contributed by atoms with van der Waals surface area (Å²) in [5.41, 5.74) is 1.74. The topological polar surface area (TPSA) is 0 Å². The Kier molecular flexibility index (Phi) is 4.37. The van der Waals surface area contributed by atoms with Crippen LogP contribution < -0.4 is 0 Å². The van der Waals surface area contributed by atoms with E-state index in [9.17, 15) is 0 Å². The van der Waals surface area contributed by atoms with Crippen molar-refractivity contribution < 1.29 is 0 Å². The zero-order valence-corrected chi connectivity index (χ0v) is 11.9. The fraction of sp³-hybridized carbons (Fsp3) is 0.579. The van der Waals surface area contributed by atoms with Crippen LogP contribution in [-0.4, -0.2) is 0 Å². The molecule has 0 saturated heterocycles. The lowest BCUT2D eigenvalue weighted by Crippen LogP contribution is -2.27. The minimum atomic E-state index is 0.755. The van der Waals surface area contributed by atoms with Crippen molar-refractivity contribution in [1.29, 1.82) is 0 Å². The SMILES string of the molecule is C1=CCCC(C(C2C=CC=CC2)C2CCCCC2)=C1. The summed E-state index contributed by atoms with van der Waals surface area (Å²) in [6.07, 6.45) is 27.4. The van der Waals surface area contributed by atoms with Crippen LogP contribution in [0.3, 0.4) is 0 Å². The summed E-state index contributed by atoms with van der Waals surface area (Å²) in [5.74, 6) is 2.50. The van der Waals surface area contributed by atoms with E-state index < -0.39 is 0 Å². The number of rotatable bonds is 3. The van der Waals surface area contributed by atoms with E-state index in [1.807, 2.05) is 0 Å². The Morgan fingerprint density at radius 1 is 0.947 bits per heavy atom. The molecule has 0 bridgehead atoms. The average molecular weight is 254 g/mol. The minimum absolute atomic E-state index is 0.755. The lowest BCUT2D eigenvalue weighted by Gasteiger charge is -2.37. The van der Waals surface area contributed by atoms with E-state index in [1.54, 1.807) is 5.57 Å². The summed E-state index contributed by atoms with van der Waals surface area (Å²) in [5, 5.41) is 0. The van der Waals surface area contributed by atoms with Crippen molar-refractivity contribution in [3.63, 3.8) is 0 Å². The molecule has 0 nitrogen and oxygen atoms in total. The summed E-state index contributed by atoms with van der Waals surface area (Å²) < 4.78 is 0. The summed E-state index contributed by atoms with van der Waals surface area (Å²) in [4.78, 5) is 0. The van der Waals surface area contributed by atoms with Crippen LogP contribution in [0.25, 0.3) is 0 Å². The molecule has 1 fully saturated rings. The maximum absolute atomic E-state index is 2.47. The molecule has 19 heavy (non-hydrogen) atoms. The molecule has 0 aromatic carbocycles. The quantitative estimate of drug-likeness (QED) is 0.615. The van der Waals surface area contributed by atoms with Gasteiger partial charge in [-0.1, -0.05) is 67.4 Å². The zero-order valence-electron chi connectivity index (χ0n) is 11.9.